The van der Waals surface area contributed by atoms with Crippen LogP contribution in [-0.2, 0) is 16.2 Å². The SMILES string of the molecule is CC(C)(C)c1cc(-c2ccccn2)cc(C2(c3cc(-c4ccccn4)cc(C(C)(C)C)c3)c3ccccc3-c3ccccc32)c1. The first-order chi connectivity index (χ1) is 21.6. The van der Waals surface area contributed by atoms with Crippen molar-refractivity contribution in [2.75, 3.05) is 0 Å². The highest BCUT2D eigenvalue weighted by molar-refractivity contribution is 5.87. The van der Waals surface area contributed by atoms with Crippen LogP contribution in [0.3, 0.4) is 0 Å². The van der Waals surface area contributed by atoms with Crippen molar-refractivity contribution in [1.82, 2.24) is 9.97 Å². The minimum atomic E-state index is -0.553. The van der Waals surface area contributed by atoms with Gasteiger partial charge in [-0.3, -0.25) is 9.97 Å². The van der Waals surface area contributed by atoms with Gasteiger partial charge in [-0.25, -0.2) is 0 Å². The van der Waals surface area contributed by atoms with Gasteiger partial charge in [0.05, 0.1) is 16.8 Å². The molecule has 1 aliphatic rings. The van der Waals surface area contributed by atoms with Crippen molar-refractivity contribution >= 4 is 0 Å². The van der Waals surface area contributed by atoms with E-state index >= 15 is 0 Å². The third-order valence-corrected chi connectivity index (χ3v) is 9.34. The predicted octanol–water partition coefficient (Wildman–Crippen LogP) is 10.8. The molecular weight excluding hydrogens is 544 g/mol. The van der Waals surface area contributed by atoms with Gasteiger partial charge in [-0.15, -0.1) is 0 Å². The molecule has 0 atom stereocenters. The van der Waals surface area contributed by atoms with E-state index < -0.39 is 5.41 Å². The molecule has 7 rings (SSSR count). The third kappa shape index (κ3) is 4.90. The summed E-state index contributed by atoms with van der Waals surface area (Å²) >= 11 is 0. The molecule has 45 heavy (non-hydrogen) atoms. The second kappa shape index (κ2) is 10.7. The first kappa shape index (κ1) is 28.9. The van der Waals surface area contributed by atoms with E-state index in [0.29, 0.717) is 0 Å². The highest BCUT2D eigenvalue weighted by atomic mass is 14.7. The zero-order valence-corrected chi connectivity index (χ0v) is 27.1. The molecular formula is C43H40N2. The van der Waals surface area contributed by atoms with Crippen LogP contribution in [0.1, 0.15) is 74.9 Å². The van der Waals surface area contributed by atoms with Crippen molar-refractivity contribution in [3.63, 3.8) is 0 Å². The molecule has 4 aromatic carbocycles. The number of fused-ring (bicyclic) bond motifs is 3. The molecule has 0 bridgehead atoms. The van der Waals surface area contributed by atoms with Gasteiger partial charge < -0.3 is 0 Å². The molecule has 2 aromatic heterocycles. The van der Waals surface area contributed by atoms with Gasteiger partial charge in [0.15, 0.2) is 0 Å². The summed E-state index contributed by atoms with van der Waals surface area (Å²) in [6.07, 6.45) is 3.78. The number of hydrogen-bond acceptors (Lipinski definition) is 2. The second-order valence-electron chi connectivity index (χ2n) is 14.4. The fraction of sp³-hybridized carbons (Fsp3) is 0.209. The Morgan fingerprint density at radius 2 is 0.844 bits per heavy atom. The monoisotopic (exact) mass is 584 g/mol. The van der Waals surface area contributed by atoms with Crippen LogP contribution in [0.15, 0.2) is 134 Å². The molecule has 0 spiro atoms. The van der Waals surface area contributed by atoms with Crippen molar-refractivity contribution in [1.29, 1.82) is 0 Å². The van der Waals surface area contributed by atoms with Crippen molar-refractivity contribution < 1.29 is 0 Å². The molecule has 0 saturated heterocycles. The van der Waals surface area contributed by atoms with Gasteiger partial charge in [0.2, 0.25) is 0 Å². The molecule has 2 heterocycles. The summed E-state index contributed by atoms with van der Waals surface area (Å²) in [5, 5.41) is 0. The molecule has 0 fully saturated rings. The minimum absolute atomic E-state index is 0.0647. The van der Waals surface area contributed by atoms with Crippen LogP contribution in [0.4, 0.5) is 0 Å². The lowest BCUT2D eigenvalue weighted by atomic mass is 9.65. The lowest BCUT2D eigenvalue weighted by molar-refractivity contribution is 0.585. The predicted molar refractivity (Wildman–Crippen MR) is 188 cm³/mol. The Morgan fingerprint density at radius 3 is 1.22 bits per heavy atom. The average molecular weight is 585 g/mol. The van der Waals surface area contributed by atoms with Crippen molar-refractivity contribution in [3.05, 3.63) is 167 Å². The summed E-state index contributed by atoms with van der Waals surface area (Å²) in [7, 11) is 0. The summed E-state index contributed by atoms with van der Waals surface area (Å²) in [5.74, 6) is 0. The van der Waals surface area contributed by atoms with Crippen LogP contribution in [-0.4, -0.2) is 9.97 Å². The molecule has 222 valence electrons. The van der Waals surface area contributed by atoms with Crippen molar-refractivity contribution in [2.45, 2.75) is 57.8 Å². The fourth-order valence-corrected chi connectivity index (χ4v) is 6.94. The van der Waals surface area contributed by atoms with E-state index in [9.17, 15) is 0 Å². The Morgan fingerprint density at radius 1 is 0.444 bits per heavy atom. The fourth-order valence-electron chi connectivity index (χ4n) is 6.94. The first-order valence-electron chi connectivity index (χ1n) is 15.9. The van der Waals surface area contributed by atoms with E-state index in [1.807, 2.05) is 24.5 Å². The van der Waals surface area contributed by atoms with Crippen LogP contribution < -0.4 is 0 Å². The molecule has 0 N–H and O–H groups in total. The van der Waals surface area contributed by atoms with Crippen LogP contribution >= 0.6 is 0 Å². The molecule has 0 radical (unpaired) electrons. The molecule has 2 nitrogen and oxygen atoms in total. The van der Waals surface area contributed by atoms with Crippen LogP contribution in [0.2, 0.25) is 0 Å². The summed E-state index contributed by atoms with van der Waals surface area (Å²) in [6, 6.07) is 44.7. The number of pyridine rings is 2. The van der Waals surface area contributed by atoms with E-state index in [2.05, 4.69) is 151 Å². The van der Waals surface area contributed by atoms with Gasteiger partial charge in [0.1, 0.15) is 0 Å². The Balaban J connectivity index is 1.66. The first-order valence-corrected chi connectivity index (χ1v) is 15.9. The number of aromatic nitrogens is 2. The molecule has 0 amide bonds. The minimum Gasteiger partial charge on any atom is -0.256 e. The Labute approximate surface area is 267 Å². The summed E-state index contributed by atoms with van der Waals surface area (Å²) in [5.41, 5.74) is 13.8. The van der Waals surface area contributed by atoms with Gasteiger partial charge >= 0.3 is 0 Å². The van der Waals surface area contributed by atoms with Crippen LogP contribution in [0.5, 0.6) is 0 Å². The van der Waals surface area contributed by atoms with E-state index in [4.69, 9.17) is 9.97 Å². The van der Waals surface area contributed by atoms with E-state index in [1.54, 1.807) is 0 Å². The molecule has 6 aromatic rings. The normalized spacial score (nSPS) is 13.7. The highest BCUT2D eigenvalue weighted by Crippen LogP contribution is 2.57. The standard InChI is InChI=1S/C43H40N2/c1-41(2,3)31-23-29(39-19-11-13-21-44-39)25-33(27-31)43(37-17-9-7-15-35(37)36-16-8-10-18-38(36)43)34-26-30(40-20-12-14-22-45-40)24-32(28-34)42(4,5)6/h7-28H,1-6H3. The van der Waals surface area contributed by atoms with E-state index in [-0.39, 0.29) is 10.8 Å². The Hall–Kier alpha value is -4.82. The molecule has 0 unspecified atom stereocenters. The average Bonchev–Trinajstić information content (AvgIpc) is 3.36. The van der Waals surface area contributed by atoms with Crippen molar-refractivity contribution in [3.8, 4) is 33.6 Å². The Kier molecular flexibility index (Phi) is 6.85. The number of rotatable bonds is 4. The molecule has 0 aliphatic heterocycles. The van der Waals surface area contributed by atoms with E-state index in [0.717, 1.165) is 22.5 Å². The van der Waals surface area contributed by atoms with Crippen molar-refractivity contribution in [2.24, 2.45) is 0 Å². The van der Waals surface area contributed by atoms with Crippen LogP contribution in [0.25, 0.3) is 33.6 Å². The smallest absolute Gasteiger partial charge is 0.0714 e. The number of hydrogen-bond donors (Lipinski definition) is 0. The molecule has 0 saturated carbocycles. The van der Waals surface area contributed by atoms with Crippen LogP contribution in [0, 0.1) is 0 Å². The van der Waals surface area contributed by atoms with Gasteiger partial charge in [-0.05, 0) is 104 Å². The van der Waals surface area contributed by atoms with Gasteiger partial charge in [-0.2, -0.15) is 0 Å². The lowest BCUT2D eigenvalue weighted by Crippen LogP contribution is -2.30. The summed E-state index contributed by atoms with van der Waals surface area (Å²) < 4.78 is 0. The Bertz CT molecular complexity index is 1860. The maximum absolute atomic E-state index is 4.82. The second-order valence-corrected chi connectivity index (χ2v) is 14.4. The largest absolute Gasteiger partial charge is 0.256 e. The summed E-state index contributed by atoms with van der Waals surface area (Å²) in [4.78, 5) is 9.63. The van der Waals surface area contributed by atoms with E-state index in [1.165, 1.54) is 44.5 Å². The highest BCUT2D eigenvalue weighted by Gasteiger charge is 2.47. The quantitative estimate of drug-likeness (QED) is 0.206. The molecule has 2 heteroatoms. The zero-order chi connectivity index (χ0) is 31.4. The van der Waals surface area contributed by atoms with Gasteiger partial charge in [0, 0.05) is 23.5 Å². The molecule has 1 aliphatic carbocycles. The van der Waals surface area contributed by atoms with Gasteiger partial charge in [-0.1, -0.05) is 114 Å². The topological polar surface area (TPSA) is 25.8 Å². The maximum Gasteiger partial charge on any atom is 0.0714 e. The maximum atomic E-state index is 4.82. The third-order valence-electron chi connectivity index (χ3n) is 9.34. The zero-order valence-electron chi connectivity index (χ0n) is 27.1. The number of benzene rings is 4. The summed E-state index contributed by atoms with van der Waals surface area (Å²) in [6.45, 7) is 13.8. The van der Waals surface area contributed by atoms with Gasteiger partial charge in [0.25, 0.3) is 0 Å². The number of nitrogens with zero attached hydrogens (tertiary/aromatic N) is 2. The lowest BCUT2D eigenvalue weighted by Gasteiger charge is -2.37.